The molecule has 0 spiro atoms. The lowest BCUT2D eigenvalue weighted by Crippen LogP contribution is -2.51. The number of anilines is 2. The van der Waals surface area contributed by atoms with E-state index in [0.29, 0.717) is 17.0 Å². The van der Waals surface area contributed by atoms with Gasteiger partial charge in [-0.3, -0.25) is 4.79 Å². The van der Waals surface area contributed by atoms with Crippen molar-refractivity contribution in [3.8, 4) is 0 Å². The minimum absolute atomic E-state index is 0.300. The van der Waals surface area contributed by atoms with Crippen molar-refractivity contribution in [1.29, 1.82) is 0 Å². The lowest BCUT2D eigenvalue weighted by Gasteiger charge is -2.37. The van der Waals surface area contributed by atoms with Crippen LogP contribution in [0.5, 0.6) is 0 Å². The van der Waals surface area contributed by atoms with Gasteiger partial charge < -0.3 is 15.5 Å². The quantitative estimate of drug-likeness (QED) is 0.848. The maximum Gasteiger partial charge on any atom is 0.225 e. The van der Waals surface area contributed by atoms with Gasteiger partial charge in [-0.1, -0.05) is 17.8 Å². The minimum atomic E-state index is 0.300. The van der Waals surface area contributed by atoms with Gasteiger partial charge in [-0.25, -0.2) is 0 Å². The zero-order valence-corrected chi connectivity index (χ0v) is 11.0. The average molecular weight is 267 g/mol. The summed E-state index contributed by atoms with van der Waals surface area (Å²) in [4.78, 5) is 16.2. The first-order valence-electron chi connectivity index (χ1n) is 6.37. The third-order valence-corrected chi connectivity index (χ3v) is 4.56. The summed E-state index contributed by atoms with van der Waals surface area (Å²) in [5.41, 5.74) is 5.58. The molecular formula is C11H17N5OS. The van der Waals surface area contributed by atoms with E-state index in [1.54, 1.807) is 0 Å². The number of hydrogen-bond acceptors (Lipinski definition) is 6. The fourth-order valence-corrected chi connectivity index (χ4v) is 3.05. The largest absolute Gasteiger partial charge is 0.374 e. The number of amides is 1. The molecule has 2 aliphatic rings. The van der Waals surface area contributed by atoms with E-state index >= 15 is 0 Å². The minimum Gasteiger partial charge on any atom is -0.374 e. The first kappa shape index (κ1) is 11.7. The van der Waals surface area contributed by atoms with Crippen molar-refractivity contribution in [1.82, 2.24) is 15.1 Å². The third-order valence-electron chi connectivity index (χ3n) is 3.75. The van der Waals surface area contributed by atoms with Crippen LogP contribution < -0.4 is 10.6 Å². The van der Waals surface area contributed by atoms with E-state index in [0.717, 1.165) is 44.2 Å². The lowest BCUT2D eigenvalue weighted by atomic mass is 9.84. The van der Waals surface area contributed by atoms with Crippen LogP contribution in [0.1, 0.15) is 19.3 Å². The standard InChI is InChI=1S/C11H17N5OS/c12-10-13-14-11(18-10)16-6-4-15(5-7-16)9(17)8-2-1-3-8/h8H,1-7H2,(H2,12,13). The molecule has 18 heavy (non-hydrogen) atoms. The molecule has 0 unspecified atom stereocenters. The van der Waals surface area contributed by atoms with Gasteiger partial charge in [0, 0.05) is 32.1 Å². The van der Waals surface area contributed by atoms with Crippen LogP contribution in [0.3, 0.4) is 0 Å². The van der Waals surface area contributed by atoms with Crippen molar-refractivity contribution < 1.29 is 4.79 Å². The maximum atomic E-state index is 12.1. The smallest absolute Gasteiger partial charge is 0.225 e. The Kier molecular flexibility index (Phi) is 3.07. The maximum absolute atomic E-state index is 12.1. The summed E-state index contributed by atoms with van der Waals surface area (Å²) in [6.45, 7) is 3.23. The highest BCUT2D eigenvalue weighted by molar-refractivity contribution is 7.18. The molecule has 0 atom stereocenters. The van der Waals surface area contributed by atoms with E-state index in [2.05, 4.69) is 15.1 Å². The van der Waals surface area contributed by atoms with Gasteiger partial charge in [-0.2, -0.15) is 0 Å². The van der Waals surface area contributed by atoms with E-state index in [-0.39, 0.29) is 0 Å². The summed E-state index contributed by atoms with van der Waals surface area (Å²) >= 11 is 1.40. The second kappa shape index (κ2) is 4.72. The molecular weight excluding hydrogens is 250 g/mol. The van der Waals surface area contributed by atoms with Crippen molar-refractivity contribution in [2.75, 3.05) is 36.8 Å². The number of piperazine rings is 1. The van der Waals surface area contributed by atoms with E-state index in [4.69, 9.17) is 5.73 Å². The zero-order chi connectivity index (χ0) is 12.5. The number of aromatic nitrogens is 2. The van der Waals surface area contributed by atoms with Crippen molar-refractivity contribution in [3.05, 3.63) is 0 Å². The van der Waals surface area contributed by atoms with Gasteiger partial charge in [0.1, 0.15) is 0 Å². The van der Waals surface area contributed by atoms with Gasteiger partial charge in [-0.05, 0) is 12.8 Å². The predicted octanol–water partition coefficient (Wildman–Crippen LogP) is 0.569. The number of hydrogen-bond donors (Lipinski definition) is 1. The molecule has 1 aliphatic carbocycles. The summed E-state index contributed by atoms with van der Waals surface area (Å²) < 4.78 is 0. The molecule has 0 radical (unpaired) electrons. The molecule has 1 aliphatic heterocycles. The Balaban J connectivity index is 1.56. The normalized spacial score (nSPS) is 20.9. The second-order valence-corrected chi connectivity index (χ2v) is 5.85. The first-order valence-corrected chi connectivity index (χ1v) is 7.18. The Hall–Kier alpha value is -1.37. The van der Waals surface area contributed by atoms with Crippen LogP contribution in [0.25, 0.3) is 0 Å². The highest BCUT2D eigenvalue weighted by atomic mass is 32.1. The van der Waals surface area contributed by atoms with E-state index in [9.17, 15) is 4.79 Å². The number of carbonyl (C=O) groups excluding carboxylic acids is 1. The summed E-state index contributed by atoms with van der Waals surface area (Å²) in [5.74, 6) is 0.645. The van der Waals surface area contributed by atoms with Crippen LogP contribution >= 0.6 is 11.3 Å². The van der Waals surface area contributed by atoms with E-state index in [1.165, 1.54) is 17.8 Å². The summed E-state index contributed by atoms with van der Waals surface area (Å²) in [6, 6.07) is 0. The highest BCUT2D eigenvalue weighted by Gasteiger charge is 2.31. The molecule has 6 nitrogen and oxygen atoms in total. The Morgan fingerprint density at radius 3 is 2.44 bits per heavy atom. The topological polar surface area (TPSA) is 75.3 Å². The number of rotatable bonds is 2. The van der Waals surface area contributed by atoms with Crippen LogP contribution in [0.4, 0.5) is 10.3 Å². The molecule has 7 heteroatoms. The second-order valence-electron chi connectivity index (χ2n) is 4.86. The highest BCUT2D eigenvalue weighted by Crippen LogP contribution is 2.29. The van der Waals surface area contributed by atoms with Crippen LogP contribution in [0.2, 0.25) is 0 Å². The molecule has 2 heterocycles. The summed E-state index contributed by atoms with van der Waals surface area (Å²) in [7, 11) is 0. The first-order chi connectivity index (χ1) is 8.74. The van der Waals surface area contributed by atoms with Crippen molar-refractivity contribution in [2.45, 2.75) is 19.3 Å². The number of nitrogen functional groups attached to an aromatic ring is 1. The van der Waals surface area contributed by atoms with E-state index < -0.39 is 0 Å². The van der Waals surface area contributed by atoms with Gasteiger partial charge in [0.25, 0.3) is 0 Å². The zero-order valence-electron chi connectivity index (χ0n) is 10.2. The van der Waals surface area contributed by atoms with Gasteiger partial charge in [0.2, 0.25) is 16.2 Å². The Labute approximate surface area is 110 Å². The SMILES string of the molecule is Nc1nnc(N2CCN(C(=O)C3CCC3)CC2)s1. The third kappa shape index (κ3) is 2.14. The van der Waals surface area contributed by atoms with E-state index in [1.807, 2.05) is 4.90 Å². The van der Waals surface area contributed by atoms with Crippen LogP contribution in [0, 0.1) is 5.92 Å². The Morgan fingerprint density at radius 1 is 1.22 bits per heavy atom. The average Bonchev–Trinajstić information content (AvgIpc) is 2.74. The fraction of sp³-hybridized carbons (Fsp3) is 0.727. The summed E-state index contributed by atoms with van der Waals surface area (Å²) in [6.07, 6.45) is 3.36. The van der Waals surface area contributed by atoms with Crippen molar-refractivity contribution in [2.24, 2.45) is 5.92 Å². The predicted molar refractivity (Wildman–Crippen MR) is 70.5 cm³/mol. The molecule has 3 rings (SSSR count). The van der Waals surface area contributed by atoms with Crippen LogP contribution in [0.15, 0.2) is 0 Å². The van der Waals surface area contributed by atoms with Gasteiger partial charge in [0.05, 0.1) is 0 Å². The Bertz CT molecular complexity index is 436. The van der Waals surface area contributed by atoms with Crippen molar-refractivity contribution >= 4 is 27.5 Å². The molecule has 1 saturated carbocycles. The van der Waals surface area contributed by atoms with Gasteiger partial charge in [0.15, 0.2) is 0 Å². The lowest BCUT2D eigenvalue weighted by molar-refractivity contribution is -0.138. The molecule has 2 fully saturated rings. The molecule has 0 bridgehead atoms. The molecule has 0 aromatic carbocycles. The fourth-order valence-electron chi connectivity index (χ4n) is 2.39. The molecule has 1 aromatic heterocycles. The van der Waals surface area contributed by atoms with Gasteiger partial charge >= 0.3 is 0 Å². The molecule has 98 valence electrons. The van der Waals surface area contributed by atoms with Crippen LogP contribution in [-0.4, -0.2) is 47.2 Å². The molecule has 1 aromatic rings. The Morgan fingerprint density at radius 2 is 1.94 bits per heavy atom. The van der Waals surface area contributed by atoms with Crippen molar-refractivity contribution in [3.63, 3.8) is 0 Å². The summed E-state index contributed by atoms with van der Waals surface area (Å²) in [5, 5.41) is 9.22. The molecule has 1 amide bonds. The number of nitrogens with two attached hydrogens (primary N) is 1. The molecule has 2 N–H and O–H groups in total. The number of nitrogens with zero attached hydrogens (tertiary/aromatic N) is 4. The van der Waals surface area contributed by atoms with Gasteiger partial charge in [-0.15, -0.1) is 10.2 Å². The molecule has 1 saturated heterocycles. The monoisotopic (exact) mass is 267 g/mol. The number of carbonyl (C=O) groups is 1. The van der Waals surface area contributed by atoms with Crippen LogP contribution in [-0.2, 0) is 4.79 Å².